The van der Waals surface area contributed by atoms with Crippen LogP contribution in [0.1, 0.15) is 26.2 Å². The number of nitrogens with zero attached hydrogens (tertiary/aromatic N) is 4. The Labute approximate surface area is 181 Å². The third kappa shape index (κ3) is 6.99. The van der Waals surface area contributed by atoms with Gasteiger partial charge >= 0.3 is 0 Å². The zero-order chi connectivity index (χ0) is 18.2. The van der Waals surface area contributed by atoms with Gasteiger partial charge in [0.15, 0.2) is 5.96 Å². The van der Waals surface area contributed by atoms with E-state index in [0.29, 0.717) is 12.1 Å². The molecule has 8 heteroatoms. The highest BCUT2D eigenvalue weighted by atomic mass is 127. The smallest absolute Gasteiger partial charge is 0.193 e. The van der Waals surface area contributed by atoms with Gasteiger partial charge in [-0.3, -0.25) is 14.8 Å². The third-order valence-corrected chi connectivity index (χ3v) is 5.77. The highest BCUT2D eigenvalue weighted by molar-refractivity contribution is 14.0. The minimum absolute atomic E-state index is 0. The minimum Gasteiger partial charge on any atom is -0.385 e. The Morgan fingerprint density at radius 1 is 1.07 bits per heavy atom. The van der Waals surface area contributed by atoms with Gasteiger partial charge in [-0.25, -0.2) is 0 Å². The number of rotatable bonds is 8. The molecule has 0 aliphatic carbocycles. The second-order valence-electron chi connectivity index (χ2n) is 7.59. The molecule has 0 aromatic carbocycles. The highest BCUT2D eigenvalue weighted by Crippen LogP contribution is 2.17. The maximum Gasteiger partial charge on any atom is 0.193 e. The summed E-state index contributed by atoms with van der Waals surface area (Å²) in [6.07, 6.45) is 3.54. The van der Waals surface area contributed by atoms with E-state index in [1.807, 2.05) is 0 Å². The van der Waals surface area contributed by atoms with Crippen LogP contribution < -0.4 is 5.32 Å². The molecule has 4 heterocycles. The predicted octanol–water partition coefficient (Wildman–Crippen LogP) is 1.09. The Bertz CT molecular complexity index is 438. The van der Waals surface area contributed by atoms with Crippen molar-refractivity contribution in [2.75, 3.05) is 79.2 Å². The molecule has 4 aliphatic heterocycles. The molecule has 4 aliphatic rings. The second-order valence-corrected chi connectivity index (χ2v) is 7.59. The van der Waals surface area contributed by atoms with Gasteiger partial charge in [0.25, 0.3) is 0 Å². The SMILES string of the molecule is CCNC(=NCC1CN2CCN1CC2)N1CCC(OCCCOC)CC1.I. The summed E-state index contributed by atoms with van der Waals surface area (Å²) in [5, 5.41) is 3.50. The average molecular weight is 495 g/mol. The van der Waals surface area contributed by atoms with Gasteiger partial charge in [-0.2, -0.15) is 0 Å². The van der Waals surface area contributed by atoms with E-state index >= 15 is 0 Å². The van der Waals surface area contributed by atoms with Gasteiger partial charge in [-0.15, -0.1) is 24.0 Å². The first-order valence-corrected chi connectivity index (χ1v) is 10.4. The number of piperidine rings is 1. The van der Waals surface area contributed by atoms with Crippen LogP contribution in [0.15, 0.2) is 4.99 Å². The first kappa shape index (κ1) is 23.1. The molecule has 0 amide bonds. The van der Waals surface area contributed by atoms with E-state index in [-0.39, 0.29) is 24.0 Å². The Kier molecular flexibility index (Phi) is 10.6. The zero-order valence-electron chi connectivity index (χ0n) is 17.1. The molecule has 0 spiro atoms. The van der Waals surface area contributed by atoms with Crippen molar-refractivity contribution in [1.29, 1.82) is 0 Å². The average Bonchev–Trinajstić information content (AvgIpc) is 2.70. The Hall–Kier alpha value is -0.160. The van der Waals surface area contributed by atoms with Crippen LogP contribution in [0.5, 0.6) is 0 Å². The molecule has 4 rings (SSSR count). The van der Waals surface area contributed by atoms with Crippen molar-refractivity contribution in [3.63, 3.8) is 0 Å². The van der Waals surface area contributed by atoms with Crippen molar-refractivity contribution in [1.82, 2.24) is 20.0 Å². The number of halogens is 1. The summed E-state index contributed by atoms with van der Waals surface area (Å²) in [7, 11) is 1.74. The van der Waals surface area contributed by atoms with Crippen LogP contribution >= 0.6 is 24.0 Å². The van der Waals surface area contributed by atoms with E-state index in [4.69, 9.17) is 14.5 Å². The van der Waals surface area contributed by atoms with E-state index in [2.05, 4.69) is 26.9 Å². The summed E-state index contributed by atoms with van der Waals surface area (Å²) in [6.45, 7) is 13.7. The maximum absolute atomic E-state index is 5.98. The molecule has 27 heavy (non-hydrogen) atoms. The van der Waals surface area contributed by atoms with Gasteiger partial charge in [-0.1, -0.05) is 0 Å². The molecule has 4 fully saturated rings. The summed E-state index contributed by atoms with van der Waals surface area (Å²) >= 11 is 0. The lowest BCUT2D eigenvalue weighted by Gasteiger charge is -2.47. The topological polar surface area (TPSA) is 52.6 Å². The number of piperazine rings is 3. The first-order chi connectivity index (χ1) is 12.8. The molecular weight excluding hydrogens is 457 g/mol. The van der Waals surface area contributed by atoms with Gasteiger partial charge < -0.3 is 19.7 Å². The summed E-state index contributed by atoms with van der Waals surface area (Å²) in [4.78, 5) is 12.6. The summed E-state index contributed by atoms with van der Waals surface area (Å²) in [6, 6.07) is 0.591. The van der Waals surface area contributed by atoms with Gasteiger partial charge in [0, 0.05) is 78.7 Å². The first-order valence-electron chi connectivity index (χ1n) is 10.4. The van der Waals surface area contributed by atoms with Crippen LogP contribution in [-0.4, -0.2) is 112 Å². The molecule has 1 unspecified atom stereocenters. The summed E-state index contributed by atoms with van der Waals surface area (Å²) < 4.78 is 11.1. The lowest BCUT2D eigenvalue weighted by atomic mass is 10.1. The molecule has 0 aromatic heterocycles. The lowest BCUT2D eigenvalue weighted by Crippen LogP contribution is -2.62. The standard InChI is InChI=1S/C19H37N5O2.HI/c1-3-20-19(21-15-17-16-22-9-11-23(17)12-10-22)24-7-5-18(6-8-24)26-14-4-13-25-2;/h17-18H,3-16H2,1-2H3,(H,20,21);1H. The molecule has 0 saturated carbocycles. The van der Waals surface area contributed by atoms with Crippen molar-refractivity contribution in [3.8, 4) is 0 Å². The number of methoxy groups -OCH3 is 1. The fourth-order valence-corrected chi connectivity index (χ4v) is 4.20. The number of ether oxygens (including phenoxy) is 2. The molecule has 0 radical (unpaired) electrons. The molecule has 7 nitrogen and oxygen atoms in total. The van der Waals surface area contributed by atoms with Crippen LogP contribution in [0.2, 0.25) is 0 Å². The van der Waals surface area contributed by atoms with Gasteiger partial charge in [0.05, 0.1) is 12.6 Å². The van der Waals surface area contributed by atoms with Gasteiger partial charge in [0.1, 0.15) is 0 Å². The number of likely N-dealkylation sites (tertiary alicyclic amines) is 1. The lowest BCUT2D eigenvalue weighted by molar-refractivity contribution is 0.00939. The van der Waals surface area contributed by atoms with E-state index < -0.39 is 0 Å². The predicted molar refractivity (Wildman–Crippen MR) is 120 cm³/mol. The number of nitrogens with one attached hydrogen (secondary N) is 1. The second kappa shape index (κ2) is 12.4. The van der Waals surface area contributed by atoms with Crippen molar-refractivity contribution in [2.45, 2.75) is 38.3 Å². The molecule has 1 atom stereocenters. The molecule has 2 bridgehead atoms. The Morgan fingerprint density at radius 3 is 2.41 bits per heavy atom. The van der Waals surface area contributed by atoms with E-state index in [1.54, 1.807) is 7.11 Å². The monoisotopic (exact) mass is 495 g/mol. The largest absolute Gasteiger partial charge is 0.385 e. The fraction of sp³-hybridized carbons (Fsp3) is 0.947. The van der Waals surface area contributed by atoms with Crippen molar-refractivity contribution >= 4 is 29.9 Å². The summed E-state index contributed by atoms with van der Waals surface area (Å²) in [5.74, 6) is 1.09. The maximum atomic E-state index is 5.98. The zero-order valence-corrected chi connectivity index (χ0v) is 19.4. The summed E-state index contributed by atoms with van der Waals surface area (Å²) in [5.41, 5.74) is 0. The number of guanidine groups is 1. The van der Waals surface area contributed by atoms with E-state index in [1.165, 1.54) is 32.7 Å². The van der Waals surface area contributed by atoms with E-state index in [0.717, 1.165) is 64.6 Å². The van der Waals surface area contributed by atoms with Crippen LogP contribution in [-0.2, 0) is 9.47 Å². The number of hydrogen-bond donors (Lipinski definition) is 1. The molecular formula is C19H38IN5O2. The quantitative estimate of drug-likeness (QED) is 0.236. The van der Waals surface area contributed by atoms with Crippen LogP contribution in [0.3, 0.4) is 0 Å². The van der Waals surface area contributed by atoms with Gasteiger partial charge in [0.2, 0.25) is 0 Å². The molecule has 1 N–H and O–H groups in total. The number of fused-ring (bicyclic) bond motifs is 3. The van der Waals surface area contributed by atoms with Crippen molar-refractivity contribution in [3.05, 3.63) is 0 Å². The molecule has 158 valence electrons. The van der Waals surface area contributed by atoms with Crippen LogP contribution in [0.25, 0.3) is 0 Å². The van der Waals surface area contributed by atoms with Crippen LogP contribution in [0, 0.1) is 0 Å². The molecule has 4 saturated heterocycles. The Balaban J connectivity index is 0.00000261. The fourth-order valence-electron chi connectivity index (χ4n) is 4.20. The van der Waals surface area contributed by atoms with Crippen molar-refractivity contribution in [2.24, 2.45) is 4.99 Å². The van der Waals surface area contributed by atoms with E-state index in [9.17, 15) is 0 Å². The normalized spacial score (nSPS) is 28.9. The van der Waals surface area contributed by atoms with Crippen molar-refractivity contribution < 1.29 is 9.47 Å². The highest BCUT2D eigenvalue weighted by Gasteiger charge is 2.31. The van der Waals surface area contributed by atoms with Gasteiger partial charge in [-0.05, 0) is 26.2 Å². The number of hydrogen-bond acceptors (Lipinski definition) is 5. The molecule has 0 aromatic rings. The van der Waals surface area contributed by atoms with Crippen LogP contribution in [0.4, 0.5) is 0 Å². The third-order valence-electron chi connectivity index (χ3n) is 5.77. The number of aliphatic imine (C=N–C) groups is 1. The Morgan fingerprint density at radius 2 is 1.81 bits per heavy atom. The minimum atomic E-state index is 0.